The number of carbonyl (C=O) groups is 2. The van der Waals surface area contributed by atoms with Gasteiger partial charge in [0.1, 0.15) is 11.3 Å². The maximum atomic E-state index is 12.8. The summed E-state index contributed by atoms with van der Waals surface area (Å²) in [6.45, 7) is 7.44. The predicted molar refractivity (Wildman–Crippen MR) is 85.4 cm³/mol. The van der Waals surface area contributed by atoms with E-state index in [9.17, 15) is 9.59 Å². The minimum atomic E-state index is -0.487. The van der Waals surface area contributed by atoms with E-state index in [0.29, 0.717) is 24.4 Å². The van der Waals surface area contributed by atoms with Gasteiger partial charge in [0.15, 0.2) is 5.65 Å². The summed E-state index contributed by atoms with van der Waals surface area (Å²) in [5, 5.41) is 4.15. The van der Waals surface area contributed by atoms with Crippen molar-refractivity contribution in [2.24, 2.45) is 0 Å². The summed E-state index contributed by atoms with van der Waals surface area (Å²) in [5.74, 6) is -0.599. The molecule has 0 unspecified atom stereocenters. The van der Waals surface area contributed by atoms with Gasteiger partial charge in [0.2, 0.25) is 0 Å². The van der Waals surface area contributed by atoms with Crippen LogP contribution in [0.15, 0.2) is 18.5 Å². The molecule has 0 aliphatic rings. The fourth-order valence-electron chi connectivity index (χ4n) is 2.42. The molecule has 0 saturated heterocycles. The average Bonchev–Trinajstić information content (AvgIpc) is 2.98. The van der Waals surface area contributed by atoms with E-state index in [4.69, 9.17) is 4.74 Å². The number of nitrogens with zero attached hydrogens (tertiary/aromatic N) is 4. The summed E-state index contributed by atoms with van der Waals surface area (Å²) >= 11 is 0. The lowest BCUT2D eigenvalue weighted by Gasteiger charge is -2.21. The van der Waals surface area contributed by atoms with E-state index in [1.807, 2.05) is 13.8 Å². The molecule has 2 aromatic heterocycles. The van der Waals surface area contributed by atoms with Crippen LogP contribution in [0.1, 0.15) is 54.5 Å². The van der Waals surface area contributed by atoms with Crippen molar-refractivity contribution in [1.82, 2.24) is 19.5 Å². The molecular formula is C16H22N4O3. The minimum absolute atomic E-state index is 0.111. The molecule has 0 N–H and O–H groups in total. The van der Waals surface area contributed by atoms with Crippen LogP contribution in [0.25, 0.3) is 5.65 Å². The molecule has 0 aromatic carbocycles. The highest BCUT2D eigenvalue weighted by Crippen LogP contribution is 2.13. The first-order valence-corrected chi connectivity index (χ1v) is 7.93. The van der Waals surface area contributed by atoms with Gasteiger partial charge in [-0.05, 0) is 25.8 Å². The van der Waals surface area contributed by atoms with Crippen molar-refractivity contribution in [3.63, 3.8) is 0 Å². The fraction of sp³-hybridized carbons (Fsp3) is 0.500. The van der Waals surface area contributed by atoms with Crippen LogP contribution in [0.2, 0.25) is 0 Å². The number of hydrogen-bond acceptors (Lipinski definition) is 5. The van der Waals surface area contributed by atoms with Gasteiger partial charge in [-0.2, -0.15) is 5.10 Å². The lowest BCUT2D eigenvalue weighted by atomic mass is 10.3. The van der Waals surface area contributed by atoms with Crippen molar-refractivity contribution in [3.05, 3.63) is 29.7 Å². The number of aromatic nitrogens is 3. The number of carbonyl (C=O) groups excluding carboxylic acids is 2. The SMILES string of the molecule is CCCN(CCC)C(=O)c1ccnc2c(C(=O)OCC)cnn12. The van der Waals surface area contributed by atoms with E-state index >= 15 is 0 Å². The zero-order valence-corrected chi connectivity index (χ0v) is 13.8. The van der Waals surface area contributed by atoms with Gasteiger partial charge in [-0.1, -0.05) is 13.8 Å². The third-order valence-corrected chi connectivity index (χ3v) is 3.39. The van der Waals surface area contributed by atoms with E-state index in [1.54, 1.807) is 17.9 Å². The normalized spacial score (nSPS) is 10.7. The second-order valence-corrected chi connectivity index (χ2v) is 5.14. The van der Waals surface area contributed by atoms with Gasteiger partial charge in [-0.3, -0.25) is 4.79 Å². The Hall–Kier alpha value is -2.44. The van der Waals surface area contributed by atoms with Gasteiger partial charge in [0.05, 0.1) is 12.8 Å². The first-order chi connectivity index (χ1) is 11.1. The fourth-order valence-corrected chi connectivity index (χ4v) is 2.42. The van der Waals surface area contributed by atoms with Crippen LogP contribution in [0.4, 0.5) is 0 Å². The molecule has 124 valence electrons. The van der Waals surface area contributed by atoms with Crippen LogP contribution in [-0.2, 0) is 4.74 Å². The first kappa shape index (κ1) is 16.9. The van der Waals surface area contributed by atoms with Crippen molar-refractivity contribution in [1.29, 1.82) is 0 Å². The summed E-state index contributed by atoms with van der Waals surface area (Å²) in [4.78, 5) is 30.7. The number of ether oxygens (including phenoxy) is 1. The molecule has 7 nitrogen and oxygen atoms in total. The molecule has 2 rings (SSSR count). The van der Waals surface area contributed by atoms with E-state index in [0.717, 1.165) is 12.8 Å². The Balaban J connectivity index is 2.42. The number of fused-ring (bicyclic) bond motifs is 1. The largest absolute Gasteiger partial charge is 0.462 e. The monoisotopic (exact) mass is 318 g/mol. The Labute approximate surface area is 135 Å². The second kappa shape index (κ2) is 7.71. The smallest absolute Gasteiger partial charge is 0.343 e. The van der Waals surface area contributed by atoms with Crippen molar-refractivity contribution in [2.45, 2.75) is 33.6 Å². The van der Waals surface area contributed by atoms with Crippen molar-refractivity contribution >= 4 is 17.5 Å². The van der Waals surface area contributed by atoms with E-state index in [2.05, 4.69) is 10.1 Å². The Morgan fingerprint density at radius 1 is 1.22 bits per heavy atom. The lowest BCUT2D eigenvalue weighted by Crippen LogP contribution is -2.33. The Morgan fingerprint density at radius 3 is 2.52 bits per heavy atom. The molecule has 2 heterocycles. The zero-order chi connectivity index (χ0) is 16.8. The molecular weight excluding hydrogens is 296 g/mol. The molecule has 0 spiro atoms. The van der Waals surface area contributed by atoms with E-state index in [-0.39, 0.29) is 18.1 Å². The van der Waals surface area contributed by atoms with Gasteiger partial charge in [-0.25, -0.2) is 14.3 Å². The predicted octanol–water partition coefficient (Wildman–Crippen LogP) is 2.17. The molecule has 0 saturated carbocycles. The Kier molecular flexibility index (Phi) is 5.67. The zero-order valence-electron chi connectivity index (χ0n) is 13.8. The van der Waals surface area contributed by atoms with Gasteiger partial charge >= 0.3 is 5.97 Å². The van der Waals surface area contributed by atoms with Crippen LogP contribution < -0.4 is 0 Å². The third kappa shape index (κ3) is 3.49. The summed E-state index contributed by atoms with van der Waals surface area (Å²) < 4.78 is 6.40. The van der Waals surface area contributed by atoms with Gasteiger partial charge < -0.3 is 9.64 Å². The highest BCUT2D eigenvalue weighted by molar-refractivity contribution is 5.97. The number of hydrogen-bond donors (Lipinski definition) is 0. The molecule has 0 aliphatic carbocycles. The van der Waals surface area contributed by atoms with Crippen LogP contribution in [0, 0.1) is 0 Å². The van der Waals surface area contributed by atoms with Crippen molar-refractivity contribution < 1.29 is 14.3 Å². The van der Waals surface area contributed by atoms with Gasteiger partial charge in [0, 0.05) is 19.3 Å². The van der Waals surface area contributed by atoms with Crippen LogP contribution in [0.5, 0.6) is 0 Å². The standard InChI is InChI=1S/C16H22N4O3/c1-4-9-19(10-5-2)15(21)13-7-8-17-14-12(11-18-20(13)14)16(22)23-6-3/h7-8,11H,4-6,9-10H2,1-3H3. The van der Waals surface area contributed by atoms with Crippen molar-refractivity contribution in [2.75, 3.05) is 19.7 Å². The van der Waals surface area contributed by atoms with Crippen LogP contribution >= 0.6 is 0 Å². The summed E-state index contributed by atoms with van der Waals surface area (Å²) in [6.07, 6.45) is 4.67. The topological polar surface area (TPSA) is 76.8 Å². The molecule has 2 aromatic rings. The van der Waals surface area contributed by atoms with Gasteiger partial charge in [-0.15, -0.1) is 0 Å². The summed E-state index contributed by atoms with van der Waals surface area (Å²) in [7, 11) is 0. The number of rotatable bonds is 7. The van der Waals surface area contributed by atoms with Crippen LogP contribution in [-0.4, -0.2) is 51.1 Å². The third-order valence-electron chi connectivity index (χ3n) is 3.39. The summed E-state index contributed by atoms with van der Waals surface area (Å²) in [5.41, 5.74) is 0.994. The Morgan fingerprint density at radius 2 is 1.91 bits per heavy atom. The maximum absolute atomic E-state index is 12.8. The van der Waals surface area contributed by atoms with E-state index < -0.39 is 5.97 Å². The highest BCUT2D eigenvalue weighted by Gasteiger charge is 2.21. The molecule has 7 heteroatoms. The summed E-state index contributed by atoms with van der Waals surface area (Å²) in [6, 6.07) is 1.62. The minimum Gasteiger partial charge on any atom is -0.462 e. The highest BCUT2D eigenvalue weighted by atomic mass is 16.5. The lowest BCUT2D eigenvalue weighted by molar-refractivity contribution is 0.0528. The second-order valence-electron chi connectivity index (χ2n) is 5.14. The quantitative estimate of drug-likeness (QED) is 0.731. The molecule has 23 heavy (non-hydrogen) atoms. The van der Waals surface area contributed by atoms with Crippen LogP contribution in [0.3, 0.4) is 0 Å². The molecule has 0 aliphatic heterocycles. The van der Waals surface area contributed by atoms with E-state index in [1.165, 1.54) is 16.9 Å². The number of esters is 1. The molecule has 0 atom stereocenters. The molecule has 0 bridgehead atoms. The Bertz CT molecular complexity index is 690. The molecule has 0 fully saturated rings. The first-order valence-electron chi connectivity index (χ1n) is 7.93. The maximum Gasteiger partial charge on any atom is 0.343 e. The van der Waals surface area contributed by atoms with Crippen molar-refractivity contribution in [3.8, 4) is 0 Å². The number of amides is 1. The van der Waals surface area contributed by atoms with Gasteiger partial charge in [0.25, 0.3) is 5.91 Å². The molecule has 1 amide bonds. The average molecular weight is 318 g/mol. The molecule has 0 radical (unpaired) electrons.